The molecule has 0 saturated carbocycles. The van der Waals surface area contributed by atoms with Crippen LogP contribution in [0.2, 0.25) is 0 Å². The average Bonchev–Trinajstić information content (AvgIpc) is 2.60. The first-order valence-corrected chi connectivity index (χ1v) is 4.93. The molecule has 82 valence electrons. The van der Waals surface area contributed by atoms with Gasteiger partial charge in [0.1, 0.15) is 6.61 Å². The lowest BCUT2D eigenvalue weighted by molar-refractivity contribution is -0.136. The van der Waals surface area contributed by atoms with Gasteiger partial charge in [0, 0.05) is 19.2 Å². The standard InChI is InChI=1S/C10H14N2O3/c1-7-8-3-4-12(10(13)6-14-2)5-9(8)15-11-7/h3-6H2,1-2H3. The first-order chi connectivity index (χ1) is 7.22. The zero-order valence-corrected chi connectivity index (χ0v) is 8.95. The maximum atomic E-state index is 11.6. The van der Waals surface area contributed by atoms with Gasteiger partial charge in [-0.2, -0.15) is 0 Å². The number of carbonyl (C=O) groups is 1. The number of fused-ring (bicyclic) bond motifs is 1. The number of hydrogen-bond donors (Lipinski definition) is 0. The van der Waals surface area contributed by atoms with E-state index in [1.807, 2.05) is 6.92 Å². The summed E-state index contributed by atoms with van der Waals surface area (Å²) < 4.78 is 9.97. The van der Waals surface area contributed by atoms with Crippen molar-refractivity contribution in [2.45, 2.75) is 19.9 Å². The number of nitrogens with zero attached hydrogens (tertiary/aromatic N) is 2. The molecule has 2 rings (SSSR count). The Kier molecular flexibility index (Phi) is 2.73. The molecule has 1 amide bonds. The summed E-state index contributed by atoms with van der Waals surface area (Å²) in [5.74, 6) is 0.806. The largest absolute Gasteiger partial charge is 0.375 e. The zero-order valence-electron chi connectivity index (χ0n) is 8.95. The van der Waals surface area contributed by atoms with Gasteiger partial charge in [-0.25, -0.2) is 0 Å². The van der Waals surface area contributed by atoms with Crippen molar-refractivity contribution in [3.05, 3.63) is 17.0 Å². The molecule has 0 bridgehead atoms. The van der Waals surface area contributed by atoms with Crippen LogP contribution in [0.5, 0.6) is 0 Å². The van der Waals surface area contributed by atoms with E-state index in [1.54, 1.807) is 4.90 Å². The lowest BCUT2D eigenvalue weighted by Crippen LogP contribution is -2.37. The highest BCUT2D eigenvalue weighted by molar-refractivity contribution is 5.77. The molecule has 5 heteroatoms. The molecule has 0 unspecified atom stereocenters. The van der Waals surface area contributed by atoms with Gasteiger partial charge in [-0.3, -0.25) is 4.79 Å². The van der Waals surface area contributed by atoms with Crippen LogP contribution in [-0.4, -0.2) is 36.2 Å². The van der Waals surface area contributed by atoms with Crippen LogP contribution in [0.25, 0.3) is 0 Å². The third-order valence-corrected chi connectivity index (χ3v) is 2.65. The molecule has 5 nitrogen and oxygen atoms in total. The summed E-state index contributed by atoms with van der Waals surface area (Å²) in [6, 6.07) is 0. The van der Waals surface area contributed by atoms with Crippen molar-refractivity contribution >= 4 is 5.91 Å². The van der Waals surface area contributed by atoms with Gasteiger partial charge in [0.05, 0.1) is 12.2 Å². The van der Waals surface area contributed by atoms with E-state index in [9.17, 15) is 4.79 Å². The summed E-state index contributed by atoms with van der Waals surface area (Å²) in [6.45, 7) is 3.28. The minimum atomic E-state index is -0.00259. The van der Waals surface area contributed by atoms with Gasteiger partial charge in [-0.05, 0) is 13.3 Å². The summed E-state index contributed by atoms with van der Waals surface area (Å²) in [6.07, 6.45) is 0.820. The minimum Gasteiger partial charge on any atom is -0.375 e. The Bertz CT molecular complexity index is 373. The fourth-order valence-corrected chi connectivity index (χ4v) is 1.81. The SMILES string of the molecule is COCC(=O)N1CCc2c(C)noc2C1. The monoisotopic (exact) mass is 210 g/mol. The molecule has 2 heterocycles. The van der Waals surface area contributed by atoms with Crippen molar-refractivity contribution in [1.29, 1.82) is 0 Å². The van der Waals surface area contributed by atoms with Crippen LogP contribution in [0.3, 0.4) is 0 Å². The van der Waals surface area contributed by atoms with E-state index >= 15 is 0 Å². The summed E-state index contributed by atoms with van der Waals surface area (Å²) in [5, 5.41) is 3.89. The van der Waals surface area contributed by atoms with Crippen LogP contribution in [0.4, 0.5) is 0 Å². The fraction of sp³-hybridized carbons (Fsp3) is 0.600. The summed E-state index contributed by atoms with van der Waals surface area (Å²) in [5.41, 5.74) is 2.08. The molecule has 1 aliphatic rings. The Morgan fingerprint density at radius 2 is 2.47 bits per heavy atom. The first kappa shape index (κ1) is 10.2. The van der Waals surface area contributed by atoms with Gasteiger partial charge in [-0.1, -0.05) is 5.16 Å². The number of methoxy groups -OCH3 is 1. The molecular formula is C10H14N2O3. The fourth-order valence-electron chi connectivity index (χ4n) is 1.81. The number of ether oxygens (including phenoxy) is 1. The number of amides is 1. The second kappa shape index (κ2) is 4.02. The highest BCUT2D eigenvalue weighted by Gasteiger charge is 2.25. The van der Waals surface area contributed by atoms with E-state index in [0.717, 1.165) is 30.0 Å². The van der Waals surface area contributed by atoms with Crippen LogP contribution >= 0.6 is 0 Å². The molecule has 15 heavy (non-hydrogen) atoms. The predicted molar refractivity (Wildman–Crippen MR) is 52.2 cm³/mol. The Balaban J connectivity index is 2.09. The number of rotatable bonds is 2. The lowest BCUT2D eigenvalue weighted by Gasteiger charge is -2.25. The van der Waals surface area contributed by atoms with Gasteiger partial charge in [0.25, 0.3) is 0 Å². The highest BCUT2D eigenvalue weighted by atomic mass is 16.5. The van der Waals surface area contributed by atoms with Crippen LogP contribution < -0.4 is 0 Å². The van der Waals surface area contributed by atoms with Crippen molar-refractivity contribution in [1.82, 2.24) is 10.1 Å². The third-order valence-electron chi connectivity index (χ3n) is 2.65. The van der Waals surface area contributed by atoms with Gasteiger partial charge in [-0.15, -0.1) is 0 Å². The third kappa shape index (κ3) is 1.87. The molecule has 0 aliphatic carbocycles. The normalized spacial score (nSPS) is 15.2. The van der Waals surface area contributed by atoms with Crippen molar-refractivity contribution in [2.24, 2.45) is 0 Å². The molecule has 0 saturated heterocycles. The number of carbonyl (C=O) groups excluding carboxylic acids is 1. The summed E-state index contributed by atoms with van der Waals surface area (Å²) in [4.78, 5) is 13.3. The van der Waals surface area contributed by atoms with E-state index in [-0.39, 0.29) is 12.5 Å². The van der Waals surface area contributed by atoms with Gasteiger partial charge >= 0.3 is 0 Å². The topological polar surface area (TPSA) is 55.6 Å². The maximum Gasteiger partial charge on any atom is 0.248 e. The van der Waals surface area contributed by atoms with Crippen molar-refractivity contribution in [2.75, 3.05) is 20.3 Å². The van der Waals surface area contributed by atoms with E-state index in [2.05, 4.69) is 5.16 Å². The Hall–Kier alpha value is -1.36. The molecule has 1 aromatic rings. The second-order valence-electron chi connectivity index (χ2n) is 3.67. The summed E-state index contributed by atoms with van der Waals surface area (Å²) >= 11 is 0. The van der Waals surface area contributed by atoms with E-state index in [0.29, 0.717) is 6.54 Å². The minimum absolute atomic E-state index is 0.00259. The first-order valence-electron chi connectivity index (χ1n) is 4.93. The Morgan fingerprint density at radius 3 is 3.20 bits per heavy atom. The van der Waals surface area contributed by atoms with Crippen LogP contribution in [0, 0.1) is 6.92 Å². The van der Waals surface area contributed by atoms with Crippen LogP contribution in [0.1, 0.15) is 17.0 Å². The van der Waals surface area contributed by atoms with E-state index in [4.69, 9.17) is 9.26 Å². The molecule has 0 spiro atoms. The molecule has 0 fully saturated rings. The molecule has 1 aliphatic heterocycles. The quantitative estimate of drug-likeness (QED) is 0.713. The Labute approximate surface area is 88.0 Å². The molecule has 0 N–H and O–H groups in total. The number of aromatic nitrogens is 1. The number of aryl methyl sites for hydroxylation is 1. The smallest absolute Gasteiger partial charge is 0.248 e. The molecule has 1 aromatic heterocycles. The average molecular weight is 210 g/mol. The Morgan fingerprint density at radius 1 is 1.67 bits per heavy atom. The van der Waals surface area contributed by atoms with Crippen molar-refractivity contribution in [3.8, 4) is 0 Å². The van der Waals surface area contributed by atoms with Crippen LogP contribution in [-0.2, 0) is 22.5 Å². The van der Waals surface area contributed by atoms with Gasteiger partial charge < -0.3 is 14.2 Å². The van der Waals surface area contributed by atoms with Crippen LogP contribution in [0.15, 0.2) is 4.52 Å². The predicted octanol–water partition coefficient (Wildman–Crippen LogP) is 0.514. The zero-order chi connectivity index (χ0) is 10.8. The van der Waals surface area contributed by atoms with E-state index < -0.39 is 0 Å². The highest BCUT2D eigenvalue weighted by Crippen LogP contribution is 2.21. The second-order valence-corrected chi connectivity index (χ2v) is 3.67. The molecular weight excluding hydrogens is 196 g/mol. The number of hydrogen-bond acceptors (Lipinski definition) is 4. The van der Waals surface area contributed by atoms with Gasteiger partial charge in [0.2, 0.25) is 5.91 Å². The van der Waals surface area contributed by atoms with Gasteiger partial charge in [0.15, 0.2) is 5.76 Å². The van der Waals surface area contributed by atoms with E-state index in [1.165, 1.54) is 7.11 Å². The maximum absolute atomic E-state index is 11.6. The lowest BCUT2D eigenvalue weighted by atomic mass is 10.1. The van der Waals surface area contributed by atoms with Crippen molar-refractivity contribution < 1.29 is 14.1 Å². The molecule has 0 aromatic carbocycles. The van der Waals surface area contributed by atoms with Crippen molar-refractivity contribution in [3.63, 3.8) is 0 Å². The molecule has 0 radical (unpaired) electrons. The molecule has 0 atom stereocenters. The summed E-state index contributed by atoms with van der Waals surface area (Å²) in [7, 11) is 1.52.